The highest BCUT2D eigenvalue weighted by atomic mass is 32.1. The second-order valence-corrected chi connectivity index (χ2v) is 6.41. The highest BCUT2D eigenvalue weighted by Crippen LogP contribution is 2.20. The average Bonchev–Trinajstić information content (AvgIpc) is 2.99. The zero-order valence-corrected chi connectivity index (χ0v) is 14.6. The Morgan fingerprint density at radius 2 is 2.15 bits per heavy atom. The first-order valence-electron chi connectivity index (χ1n) is 7.72. The lowest BCUT2D eigenvalue weighted by Crippen LogP contribution is -2.16. The molecule has 0 bridgehead atoms. The van der Waals surface area contributed by atoms with E-state index >= 15 is 0 Å². The van der Waals surface area contributed by atoms with Crippen molar-refractivity contribution >= 4 is 39.2 Å². The highest BCUT2D eigenvalue weighted by Gasteiger charge is 2.10. The summed E-state index contributed by atoms with van der Waals surface area (Å²) >= 11 is 1.15. The third kappa shape index (κ3) is 3.99. The molecule has 0 aliphatic rings. The molecule has 0 fully saturated rings. The van der Waals surface area contributed by atoms with Crippen LogP contribution in [-0.4, -0.2) is 15.4 Å². The molecule has 1 amide bonds. The van der Waals surface area contributed by atoms with Gasteiger partial charge in [-0.15, -0.1) is 6.42 Å². The fourth-order valence-corrected chi connectivity index (χ4v) is 3.50. The predicted octanol–water partition coefficient (Wildman–Crippen LogP) is 3.52. The maximum absolute atomic E-state index is 14.1. The number of amides is 1. The van der Waals surface area contributed by atoms with Crippen LogP contribution in [0.1, 0.15) is 5.56 Å². The molecule has 1 aromatic heterocycles. The second kappa shape index (κ2) is 7.76. The van der Waals surface area contributed by atoms with Gasteiger partial charge in [-0.2, -0.15) is 4.99 Å². The summed E-state index contributed by atoms with van der Waals surface area (Å²) in [4.78, 5) is 26.7. The fourth-order valence-electron chi connectivity index (χ4n) is 2.45. The van der Waals surface area contributed by atoms with E-state index in [0.29, 0.717) is 15.8 Å². The molecule has 3 aromatic rings. The number of non-ortho nitro benzene ring substituents is 1. The van der Waals surface area contributed by atoms with Crippen LogP contribution in [0, 0.1) is 28.3 Å². The Kier molecular flexibility index (Phi) is 5.24. The van der Waals surface area contributed by atoms with Crippen LogP contribution in [0.2, 0.25) is 0 Å². The molecule has 0 saturated carbocycles. The van der Waals surface area contributed by atoms with Crippen molar-refractivity contribution in [1.29, 1.82) is 0 Å². The molecular weight excluding hydrogens is 369 g/mol. The minimum Gasteiger partial charge on any atom is -0.302 e. The summed E-state index contributed by atoms with van der Waals surface area (Å²) in [5, 5.41) is 10.8. The molecule has 3 rings (SSSR count). The predicted molar refractivity (Wildman–Crippen MR) is 101 cm³/mol. The minimum absolute atomic E-state index is 0.0711. The molecule has 8 heteroatoms. The van der Waals surface area contributed by atoms with Crippen molar-refractivity contribution < 1.29 is 14.1 Å². The first-order valence-corrected chi connectivity index (χ1v) is 8.54. The van der Waals surface area contributed by atoms with Crippen LogP contribution in [0.3, 0.4) is 0 Å². The van der Waals surface area contributed by atoms with Gasteiger partial charge in [-0.25, -0.2) is 4.39 Å². The SMILES string of the molecule is C#CCn1c(=NC(=O)C=Cc2cccc([N+](=O)[O-])c2)sc2cccc(F)c21. The molecule has 27 heavy (non-hydrogen) atoms. The highest BCUT2D eigenvalue weighted by molar-refractivity contribution is 7.16. The van der Waals surface area contributed by atoms with Gasteiger partial charge in [0, 0.05) is 18.2 Å². The number of aromatic nitrogens is 1. The van der Waals surface area contributed by atoms with Gasteiger partial charge in [0.25, 0.3) is 11.6 Å². The summed E-state index contributed by atoms with van der Waals surface area (Å²) in [5.41, 5.74) is 0.717. The van der Waals surface area contributed by atoms with Crippen molar-refractivity contribution in [2.45, 2.75) is 6.54 Å². The third-order valence-electron chi connectivity index (χ3n) is 3.61. The number of halogens is 1. The Hall–Kier alpha value is -3.57. The average molecular weight is 381 g/mol. The lowest BCUT2D eigenvalue weighted by Gasteiger charge is -2.00. The molecular formula is C19H12FN3O3S. The van der Waals surface area contributed by atoms with Crippen LogP contribution in [0.4, 0.5) is 10.1 Å². The van der Waals surface area contributed by atoms with Crippen molar-refractivity contribution in [3.8, 4) is 12.3 Å². The molecule has 0 atom stereocenters. The second-order valence-electron chi connectivity index (χ2n) is 5.40. The molecule has 0 aliphatic carbocycles. The lowest BCUT2D eigenvalue weighted by atomic mass is 10.2. The molecule has 1 heterocycles. The summed E-state index contributed by atoms with van der Waals surface area (Å²) in [6.07, 6.45) is 7.97. The number of carbonyl (C=O) groups excluding carboxylic acids is 1. The summed E-state index contributed by atoms with van der Waals surface area (Å²) in [5.74, 6) is 1.40. The van der Waals surface area contributed by atoms with Gasteiger partial charge in [0.05, 0.1) is 21.7 Å². The monoisotopic (exact) mass is 381 g/mol. The number of para-hydroxylation sites is 1. The number of terminal acetylenes is 1. The van der Waals surface area contributed by atoms with Crippen molar-refractivity contribution in [1.82, 2.24) is 4.57 Å². The summed E-state index contributed by atoms with van der Waals surface area (Å²) in [6.45, 7) is 0.0711. The first kappa shape index (κ1) is 18.2. The van der Waals surface area contributed by atoms with Crippen LogP contribution >= 0.6 is 11.3 Å². The number of benzene rings is 2. The molecule has 0 saturated heterocycles. The fraction of sp³-hybridized carbons (Fsp3) is 0.0526. The van der Waals surface area contributed by atoms with E-state index in [0.717, 1.165) is 11.3 Å². The molecule has 0 aliphatic heterocycles. The van der Waals surface area contributed by atoms with Gasteiger partial charge in [0.15, 0.2) is 4.80 Å². The topological polar surface area (TPSA) is 77.5 Å². The Morgan fingerprint density at radius 1 is 1.37 bits per heavy atom. The number of nitrogens with zero attached hydrogens (tertiary/aromatic N) is 3. The van der Waals surface area contributed by atoms with E-state index in [-0.39, 0.29) is 17.0 Å². The van der Waals surface area contributed by atoms with Gasteiger partial charge in [-0.3, -0.25) is 14.9 Å². The molecule has 0 unspecified atom stereocenters. The van der Waals surface area contributed by atoms with E-state index < -0.39 is 16.6 Å². The van der Waals surface area contributed by atoms with Gasteiger partial charge in [0.2, 0.25) is 0 Å². The van der Waals surface area contributed by atoms with Crippen molar-refractivity contribution in [2.24, 2.45) is 4.99 Å². The Bertz CT molecular complexity index is 1180. The van der Waals surface area contributed by atoms with E-state index in [9.17, 15) is 19.3 Å². The van der Waals surface area contributed by atoms with Gasteiger partial charge in [-0.05, 0) is 23.8 Å². The molecule has 134 valence electrons. The zero-order chi connectivity index (χ0) is 19.4. The molecule has 0 spiro atoms. The molecule has 6 nitrogen and oxygen atoms in total. The number of hydrogen-bond donors (Lipinski definition) is 0. The van der Waals surface area contributed by atoms with Crippen molar-refractivity contribution in [3.05, 3.63) is 74.8 Å². The number of nitro benzene ring substituents is 1. The molecule has 0 radical (unpaired) electrons. The largest absolute Gasteiger partial charge is 0.302 e. The van der Waals surface area contributed by atoms with Crippen molar-refractivity contribution in [3.63, 3.8) is 0 Å². The summed E-state index contributed by atoms with van der Waals surface area (Å²) < 4.78 is 16.2. The first-order chi connectivity index (χ1) is 13.0. The maximum atomic E-state index is 14.1. The summed E-state index contributed by atoms with van der Waals surface area (Å²) in [6, 6.07) is 10.5. The third-order valence-corrected chi connectivity index (χ3v) is 4.65. The summed E-state index contributed by atoms with van der Waals surface area (Å²) in [7, 11) is 0. The van der Waals surface area contributed by atoms with Gasteiger partial charge in [-0.1, -0.05) is 35.5 Å². The van der Waals surface area contributed by atoms with Gasteiger partial charge < -0.3 is 4.57 Å². The number of nitro groups is 1. The van der Waals surface area contributed by atoms with Gasteiger partial charge >= 0.3 is 0 Å². The van der Waals surface area contributed by atoms with Crippen LogP contribution in [0.5, 0.6) is 0 Å². The molecule has 2 aromatic carbocycles. The zero-order valence-electron chi connectivity index (χ0n) is 13.8. The Balaban J connectivity index is 1.97. The van der Waals surface area contributed by atoms with Crippen LogP contribution in [0.25, 0.3) is 16.3 Å². The van der Waals surface area contributed by atoms with E-state index in [1.54, 1.807) is 18.2 Å². The van der Waals surface area contributed by atoms with E-state index in [4.69, 9.17) is 6.42 Å². The normalized spacial score (nSPS) is 11.8. The number of hydrogen-bond acceptors (Lipinski definition) is 4. The minimum atomic E-state index is -0.584. The number of carbonyl (C=O) groups is 1. The van der Waals surface area contributed by atoms with E-state index in [2.05, 4.69) is 10.9 Å². The number of rotatable bonds is 4. The molecule has 0 N–H and O–H groups in total. The van der Waals surface area contributed by atoms with Crippen molar-refractivity contribution in [2.75, 3.05) is 0 Å². The Labute approximate surface area is 157 Å². The maximum Gasteiger partial charge on any atom is 0.272 e. The van der Waals surface area contributed by atoms with E-state index in [1.165, 1.54) is 41.0 Å². The number of fused-ring (bicyclic) bond motifs is 1. The Morgan fingerprint density at radius 3 is 2.89 bits per heavy atom. The van der Waals surface area contributed by atoms with Gasteiger partial charge in [0.1, 0.15) is 5.82 Å². The standard InChI is InChI=1S/C19H12FN3O3S/c1-2-11-22-18-15(20)7-4-8-16(18)27-19(22)21-17(24)10-9-13-5-3-6-14(12-13)23(25)26/h1,3-10,12H,11H2. The van der Waals surface area contributed by atoms with Crippen LogP contribution in [-0.2, 0) is 11.3 Å². The smallest absolute Gasteiger partial charge is 0.272 e. The van der Waals surface area contributed by atoms with E-state index in [1.807, 2.05) is 0 Å². The quantitative estimate of drug-likeness (QED) is 0.300. The van der Waals surface area contributed by atoms with Crippen LogP contribution in [0.15, 0.2) is 53.5 Å². The lowest BCUT2D eigenvalue weighted by molar-refractivity contribution is -0.384. The number of thiazole rings is 1. The van der Waals surface area contributed by atoms with Crippen LogP contribution < -0.4 is 4.80 Å².